The average Bonchev–Trinajstić information content (AvgIpc) is 2.46. The third-order valence-corrected chi connectivity index (χ3v) is 3.08. The van der Waals surface area contributed by atoms with Crippen molar-refractivity contribution in [3.63, 3.8) is 0 Å². The molecule has 0 bridgehead atoms. The molecule has 5 heteroatoms. The van der Waals surface area contributed by atoms with E-state index in [1.54, 1.807) is 37.4 Å². The SMILES string of the molecule is CCNc1cc(C(=O)N(C)c2ccccc2F)cc(C)n1. The molecular weight excluding hydrogens is 269 g/mol. The standard InChI is InChI=1S/C16H18FN3O/c1-4-18-15-10-12(9-11(2)19-15)16(21)20(3)14-8-6-5-7-13(14)17/h5-10H,4H2,1-3H3,(H,18,19). The lowest BCUT2D eigenvalue weighted by molar-refractivity contribution is 0.0992. The first-order chi connectivity index (χ1) is 10.0. The zero-order valence-electron chi connectivity index (χ0n) is 12.4. The molecule has 1 aromatic heterocycles. The second kappa shape index (κ2) is 6.35. The van der Waals surface area contributed by atoms with Crippen LogP contribution in [0.2, 0.25) is 0 Å². The van der Waals surface area contributed by atoms with E-state index in [1.165, 1.54) is 11.0 Å². The van der Waals surface area contributed by atoms with Crippen LogP contribution in [0.4, 0.5) is 15.9 Å². The lowest BCUT2D eigenvalue weighted by atomic mass is 10.2. The third-order valence-electron chi connectivity index (χ3n) is 3.08. The molecule has 2 rings (SSSR count). The molecule has 0 spiro atoms. The van der Waals surface area contributed by atoms with Gasteiger partial charge in [0.1, 0.15) is 11.6 Å². The Morgan fingerprint density at radius 3 is 2.71 bits per heavy atom. The molecule has 4 nitrogen and oxygen atoms in total. The highest BCUT2D eigenvalue weighted by molar-refractivity contribution is 6.06. The molecule has 1 N–H and O–H groups in total. The number of pyridine rings is 1. The summed E-state index contributed by atoms with van der Waals surface area (Å²) in [5.41, 5.74) is 1.46. The van der Waals surface area contributed by atoms with Gasteiger partial charge in [-0.3, -0.25) is 4.79 Å². The topological polar surface area (TPSA) is 45.2 Å². The minimum Gasteiger partial charge on any atom is -0.370 e. The Labute approximate surface area is 123 Å². The van der Waals surface area contributed by atoms with Crippen LogP contribution in [-0.2, 0) is 0 Å². The van der Waals surface area contributed by atoms with Gasteiger partial charge in [-0.1, -0.05) is 12.1 Å². The number of aromatic nitrogens is 1. The van der Waals surface area contributed by atoms with Crippen molar-refractivity contribution >= 4 is 17.4 Å². The Bertz CT molecular complexity index is 658. The first kappa shape index (κ1) is 15.0. The van der Waals surface area contributed by atoms with Crippen LogP contribution < -0.4 is 10.2 Å². The summed E-state index contributed by atoms with van der Waals surface area (Å²) in [5.74, 6) is -0.0569. The normalized spacial score (nSPS) is 10.3. The summed E-state index contributed by atoms with van der Waals surface area (Å²) in [6, 6.07) is 9.57. The molecule has 1 aromatic carbocycles. The maximum Gasteiger partial charge on any atom is 0.258 e. The van der Waals surface area contributed by atoms with Crippen LogP contribution >= 0.6 is 0 Å². The average molecular weight is 287 g/mol. The molecule has 1 heterocycles. The molecule has 0 aliphatic rings. The molecule has 21 heavy (non-hydrogen) atoms. The van der Waals surface area contributed by atoms with E-state index in [0.29, 0.717) is 17.9 Å². The van der Waals surface area contributed by atoms with Gasteiger partial charge in [-0.25, -0.2) is 9.37 Å². The number of hydrogen-bond acceptors (Lipinski definition) is 3. The predicted molar refractivity (Wildman–Crippen MR) is 82.3 cm³/mol. The van der Waals surface area contributed by atoms with Crippen molar-refractivity contribution in [2.24, 2.45) is 0 Å². The Kier molecular flexibility index (Phi) is 4.52. The van der Waals surface area contributed by atoms with Crippen LogP contribution in [0, 0.1) is 12.7 Å². The van der Waals surface area contributed by atoms with Crippen LogP contribution in [0.5, 0.6) is 0 Å². The highest BCUT2D eigenvalue weighted by Gasteiger charge is 2.17. The number of nitrogens with zero attached hydrogens (tertiary/aromatic N) is 2. The Hall–Kier alpha value is -2.43. The third kappa shape index (κ3) is 3.37. The number of anilines is 2. The van der Waals surface area contributed by atoms with Crippen molar-refractivity contribution in [1.82, 2.24) is 4.98 Å². The summed E-state index contributed by atoms with van der Waals surface area (Å²) in [7, 11) is 1.56. The lowest BCUT2D eigenvalue weighted by Crippen LogP contribution is -2.27. The lowest BCUT2D eigenvalue weighted by Gasteiger charge is -2.18. The number of amides is 1. The van der Waals surface area contributed by atoms with Crippen LogP contribution in [0.1, 0.15) is 23.0 Å². The zero-order chi connectivity index (χ0) is 15.4. The van der Waals surface area contributed by atoms with Gasteiger partial charge in [-0.15, -0.1) is 0 Å². The van der Waals surface area contributed by atoms with E-state index in [4.69, 9.17) is 0 Å². The van der Waals surface area contributed by atoms with Gasteiger partial charge in [0.25, 0.3) is 5.91 Å². The van der Waals surface area contributed by atoms with Gasteiger partial charge in [0, 0.05) is 24.8 Å². The number of carbonyl (C=O) groups excluding carboxylic acids is 1. The number of halogens is 1. The molecule has 0 aliphatic heterocycles. The highest BCUT2D eigenvalue weighted by atomic mass is 19.1. The Balaban J connectivity index is 2.33. The maximum absolute atomic E-state index is 13.8. The molecule has 1 amide bonds. The molecular formula is C16H18FN3O. The van der Waals surface area contributed by atoms with Gasteiger partial charge in [0.05, 0.1) is 5.69 Å². The van der Waals surface area contributed by atoms with Crippen molar-refractivity contribution in [1.29, 1.82) is 0 Å². The maximum atomic E-state index is 13.8. The van der Waals surface area contributed by atoms with E-state index < -0.39 is 5.82 Å². The Morgan fingerprint density at radius 2 is 2.05 bits per heavy atom. The van der Waals surface area contributed by atoms with E-state index in [2.05, 4.69) is 10.3 Å². The predicted octanol–water partition coefficient (Wildman–Crippen LogP) is 3.24. The molecule has 0 unspecified atom stereocenters. The summed E-state index contributed by atoms with van der Waals surface area (Å²) in [4.78, 5) is 18.1. The van der Waals surface area contributed by atoms with Crippen LogP contribution in [-0.4, -0.2) is 24.5 Å². The van der Waals surface area contributed by atoms with Crippen molar-refractivity contribution in [3.05, 3.63) is 53.5 Å². The van der Waals surface area contributed by atoms with E-state index in [-0.39, 0.29) is 11.6 Å². The van der Waals surface area contributed by atoms with Crippen molar-refractivity contribution < 1.29 is 9.18 Å². The van der Waals surface area contributed by atoms with Crippen molar-refractivity contribution in [2.75, 3.05) is 23.8 Å². The molecule has 0 atom stereocenters. The summed E-state index contributed by atoms with van der Waals surface area (Å²) >= 11 is 0. The van der Waals surface area contributed by atoms with Crippen molar-refractivity contribution in [2.45, 2.75) is 13.8 Å². The number of aryl methyl sites for hydroxylation is 1. The van der Waals surface area contributed by atoms with E-state index in [0.717, 1.165) is 5.69 Å². The van der Waals surface area contributed by atoms with Gasteiger partial charge in [0.15, 0.2) is 0 Å². The quantitative estimate of drug-likeness (QED) is 0.939. The summed E-state index contributed by atoms with van der Waals surface area (Å²) in [6.45, 7) is 4.49. The molecule has 0 fully saturated rings. The summed E-state index contributed by atoms with van der Waals surface area (Å²) < 4.78 is 13.8. The van der Waals surface area contributed by atoms with Gasteiger partial charge >= 0.3 is 0 Å². The van der Waals surface area contributed by atoms with Gasteiger partial charge in [0.2, 0.25) is 0 Å². The number of nitrogens with one attached hydrogen (secondary N) is 1. The molecule has 110 valence electrons. The Morgan fingerprint density at radius 1 is 1.33 bits per heavy atom. The zero-order valence-corrected chi connectivity index (χ0v) is 12.4. The monoisotopic (exact) mass is 287 g/mol. The van der Waals surface area contributed by atoms with E-state index >= 15 is 0 Å². The molecule has 2 aromatic rings. The fourth-order valence-corrected chi connectivity index (χ4v) is 2.09. The van der Waals surface area contributed by atoms with Crippen LogP contribution in [0.15, 0.2) is 36.4 Å². The second-order valence-corrected chi connectivity index (χ2v) is 4.73. The number of benzene rings is 1. The molecule has 0 saturated heterocycles. The molecule has 0 aliphatic carbocycles. The molecule has 0 saturated carbocycles. The molecule has 0 radical (unpaired) electrons. The first-order valence-electron chi connectivity index (χ1n) is 6.78. The summed E-state index contributed by atoms with van der Waals surface area (Å²) in [5, 5.41) is 3.08. The minimum atomic E-state index is -0.425. The minimum absolute atomic E-state index is 0.252. The number of rotatable bonds is 4. The first-order valence-corrected chi connectivity index (χ1v) is 6.78. The summed E-state index contributed by atoms with van der Waals surface area (Å²) in [6.07, 6.45) is 0. The smallest absolute Gasteiger partial charge is 0.258 e. The highest BCUT2D eigenvalue weighted by Crippen LogP contribution is 2.20. The van der Waals surface area contributed by atoms with Crippen molar-refractivity contribution in [3.8, 4) is 0 Å². The van der Waals surface area contributed by atoms with Crippen LogP contribution in [0.3, 0.4) is 0 Å². The van der Waals surface area contributed by atoms with Gasteiger partial charge in [-0.05, 0) is 38.1 Å². The number of carbonyl (C=O) groups is 1. The fraction of sp³-hybridized carbons (Fsp3) is 0.250. The van der Waals surface area contributed by atoms with Gasteiger partial charge < -0.3 is 10.2 Å². The number of hydrogen-bond donors (Lipinski definition) is 1. The van der Waals surface area contributed by atoms with Gasteiger partial charge in [-0.2, -0.15) is 0 Å². The largest absolute Gasteiger partial charge is 0.370 e. The van der Waals surface area contributed by atoms with Crippen LogP contribution in [0.25, 0.3) is 0 Å². The van der Waals surface area contributed by atoms with E-state index in [1.807, 2.05) is 13.8 Å². The number of para-hydroxylation sites is 1. The fourth-order valence-electron chi connectivity index (χ4n) is 2.09. The van der Waals surface area contributed by atoms with E-state index in [9.17, 15) is 9.18 Å². The second-order valence-electron chi connectivity index (χ2n) is 4.73.